The second-order valence-electron chi connectivity index (χ2n) is 4.07. The van der Waals surface area contributed by atoms with E-state index in [1.807, 2.05) is 61.5 Å². The molecule has 2 rings (SSSR count). The summed E-state index contributed by atoms with van der Waals surface area (Å²) < 4.78 is 5.02. The molecule has 2 nitrogen and oxygen atoms in total. The zero-order chi connectivity index (χ0) is 13.5. The lowest BCUT2D eigenvalue weighted by Crippen LogP contribution is -1.94. The van der Waals surface area contributed by atoms with E-state index in [1.54, 1.807) is 0 Å². The number of carbonyl (C=O) groups excluding carboxylic acids is 1. The Labute approximate surface area is 113 Å². The number of ether oxygens (including phenoxy) is 1. The van der Waals surface area contributed by atoms with Crippen LogP contribution < -0.4 is 0 Å². The van der Waals surface area contributed by atoms with Crippen LogP contribution in [0.5, 0.6) is 0 Å². The third-order valence-corrected chi connectivity index (χ3v) is 2.76. The van der Waals surface area contributed by atoms with E-state index in [0.29, 0.717) is 12.2 Å². The molecule has 2 aromatic rings. The first-order valence-electron chi connectivity index (χ1n) is 6.29. The minimum absolute atomic E-state index is 0.0481. The Morgan fingerprint density at radius 2 is 1.63 bits per heavy atom. The van der Waals surface area contributed by atoms with Crippen LogP contribution in [0.3, 0.4) is 0 Å². The van der Waals surface area contributed by atoms with Crippen molar-refractivity contribution < 1.29 is 9.53 Å². The summed E-state index contributed by atoms with van der Waals surface area (Å²) in [6.45, 7) is 2.44. The number of ketones is 1. The van der Waals surface area contributed by atoms with Gasteiger partial charge in [0.1, 0.15) is 0 Å². The molecule has 0 aliphatic rings. The van der Waals surface area contributed by atoms with E-state index < -0.39 is 0 Å². The van der Waals surface area contributed by atoms with Crippen molar-refractivity contribution in [2.75, 3.05) is 6.61 Å². The summed E-state index contributed by atoms with van der Waals surface area (Å²) >= 11 is 0. The maximum atomic E-state index is 11.8. The van der Waals surface area contributed by atoms with Gasteiger partial charge in [-0.1, -0.05) is 54.6 Å². The highest BCUT2D eigenvalue weighted by molar-refractivity contribution is 6.04. The Morgan fingerprint density at radius 3 is 2.26 bits per heavy atom. The number of allylic oxidation sites excluding steroid dienone is 1. The lowest BCUT2D eigenvalue weighted by molar-refractivity contribution is 0.104. The maximum absolute atomic E-state index is 11.8. The quantitative estimate of drug-likeness (QED) is 0.455. The van der Waals surface area contributed by atoms with Gasteiger partial charge in [-0.05, 0) is 18.1 Å². The molecule has 0 aromatic heterocycles. The molecule has 0 unspecified atom stereocenters. The van der Waals surface area contributed by atoms with Gasteiger partial charge >= 0.3 is 0 Å². The van der Waals surface area contributed by atoms with Crippen LogP contribution in [0.1, 0.15) is 17.3 Å². The van der Waals surface area contributed by atoms with E-state index in [4.69, 9.17) is 4.74 Å². The molecule has 0 bridgehead atoms. The average Bonchev–Trinajstić information content (AvgIpc) is 2.48. The van der Waals surface area contributed by atoms with Crippen LogP contribution in [0.2, 0.25) is 0 Å². The van der Waals surface area contributed by atoms with Crippen LogP contribution in [0.15, 0.2) is 66.9 Å². The van der Waals surface area contributed by atoms with Gasteiger partial charge in [0.2, 0.25) is 0 Å². The van der Waals surface area contributed by atoms with E-state index in [0.717, 1.165) is 11.1 Å². The molecule has 19 heavy (non-hydrogen) atoms. The normalized spacial score (nSPS) is 10.6. The van der Waals surface area contributed by atoms with Crippen LogP contribution in [0, 0.1) is 0 Å². The Morgan fingerprint density at radius 1 is 1.00 bits per heavy atom. The van der Waals surface area contributed by atoms with Crippen molar-refractivity contribution in [1.82, 2.24) is 0 Å². The molecule has 0 heterocycles. The molecule has 0 saturated carbocycles. The second-order valence-corrected chi connectivity index (χ2v) is 4.07. The Balaban J connectivity index is 2.13. The van der Waals surface area contributed by atoms with Crippen molar-refractivity contribution in [2.45, 2.75) is 6.92 Å². The minimum Gasteiger partial charge on any atom is -0.501 e. The highest BCUT2D eigenvalue weighted by Gasteiger charge is 2.02. The molecule has 0 fully saturated rings. The van der Waals surface area contributed by atoms with Gasteiger partial charge in [-0.2, -0.15) is 0 Å². The predicted octanol–water partition coefficient (Wildman–Crippen LogP) is 4.09. The smallest absolute Gasteiger partial charge is 0.188 e. The lowest BCUT2D eigenvalue weighted by Gasteiger charge is -2.02. The van der Waals surface area contributed by atoms with Gasteiger partial charge in [-0.15, -0.1) is 0 Å². The van der Waals surface area contributed by atoms with Gasteiger partial charge in [0.05, 0.1) is 12.9 Å². The zero-order valence-corrected chi connectivity index (χ0v) is 10.9. The third kappa shape index (κ3) is 3.55. The Kier molecular flexibility index (Phi) is 4.51. The van der Waals surface area contributed by atoms with Crippen molar-refractivity contribution in [2.24, 2.45) is 0 Å². The van der Waals surface area contributed by atoms with Crippen LogP contribution >= 0.6 is 0 Å². The molecule has 2 aromatic carbocycles. The number of hydrogen-bond donors (Lipinski definition) is 0. The fourth-order valence-corrected chi connectivity index (χ4v) is 1.76. The minimum atomic E-state index is -0.0481. The van der Waals surface area contributed by atoms with Gasteiger partial charge < -0.3 is 4.74 Å². The van der Waals surface area contributed by atoms with Gasteiger partial charge in [-0.25, -0.2) is 0 Å². The summed E-state index contributed by atoms with van der Waals surface area (Å²) in [6.07, 6.45) is 2.88. The Hall–Kier alpha value is -2.35. The van der Waals surface area contributed by atoms with Crippen molar-refractivity contribution in [3.63, 3.8) is 0 Å². The monoisotopic (exact) mass is 252 g/mol. The van der Waals surface area contributed by atoms with Crippen molar-refractivity contribution >= 4 is 5.78 Å². The summed E-state index contributed by atoms with van der Waals surface area (Å²) in [5.41, 5.74) is 2.91. The van der Waals surface area contributed by atoms with E-state index in [1.165, 1.54) is 12.3 Å². The zero-order valence-electron chi connectivity index (χ0n) is 10.9. The van der Waals surface area contributed by atoms with Crippen LogP contribution in [0.4, 0.5) is 0 Å². The van der Waals surface area contributed by atoms with Crippen LogP contribution in [-0.2, 0) is 4.74 Å². The first-order chi connectivity index (χ1) is 9.31. The standard InChI is InChI=1S/C17H16O2/c1-2-19-13-12-17(18)16-10-8-15(9-11-16)14-6-4-3-5-7-14/h3-13H,2H2,1H3. The largest absolute Gasteiger partial charge is 0.501 e. The van der Waals surface area contributed by atoms with Crippen molar-refractivity contribution in [3.05, 3.63) is 72.5 Å². The molecule has 2 heteroatoms. The average molecular weight is 252 g/mol. The number of rotatable bonds is 5. The highest BCUT2D eigenvalue weighted by Crippen LogP contribution is 2.19. The fraction of sp³-hybridized carbons (Fsp3) is 0.118. The summed E-state index contributed by atoms with van der Waals surface area (Å²) in [5.74, 6) is -0.0481. The SMILES string of the molecule is CCOC=CC(=O)c1ccc(-c2ccccc2)cc1. The van der Waals surface area contributed by atoms with E-state index in [-0.39, 0.29) is 5.78 Å². The molecule has 0 saturated heterocycles. The predicted molar refractivity (Wildman–Crippen MR) is 77.0 cm³/mol. The molecular formula is C17H16O2. The maximum Gasteiger partial charge on any atom is 0.188 e. The molecule has 0 aliphatic heterocycles. The van der Waals surface area contributed by atoms with E-state index >= 15 is 0 Å². The van der Waals surface area contributed by atoms with E-state index in [9.17, 15) is 4.79 Å². The molecular weight excluding hydrogens is 236 g/mol. The lowest BCUT2D eigenvalue weighted by atomic mass is 10.0. The summed E-state index contributed by atoms with van der Waals surface area (Å²) in [4.78, 5) is 11.8. The molecule has 0 radical (unpaired) electrons. The Bertz CT molecular complexity index is 554. The summed E-state index contributed by atoms with van der Waals surface area (Å²) in [5, 5.41) is 0. The van der Waals surface area contributed by atoms with Crippen LogP contribution in [-0.4, -0.2) is 12.4 Å². The van der Waals surface area contributed by atoms with Crippen LogP contribution in [0.25, 0.3) is 11.1 Å². The topological polar surface area (TPSA) is 26.3 Å². The molecule has 0 amide bonds. The fourth-order valence-electron chi connectivity index (χ4n) is 1.76. The number of hydrogen-bond acceptors (Lipinski definition) is 2. The van der Waals surface area contributed by atoms with Gasteiger partial charge in [0.15, 0.2) is 5.78 Å². The summed E-state index contributed by atoms with van der Waals surface area (Å²) in [7, 11) is 0. The first kappa shape index (κ1) is 13.1. The second kappa shape index (κ2) is 6.55. The first-order valence-corrected chi connectivity index (χ1v) is 6.29. The number of carbonyl (C=O) groups is 1. The van der Waals surface area contributed by atoms with Crippen molar-refractivity contribution in [1.29, 1.82) is 0 Å². The molecule has 0 N–H and O–H groups in total. The van der Waals surface area contributed by atoms with Gasteiger partial charge in [0, 0.05) is 11.6 Å². The summed E-state index contributed by atoms with van der Waals surface area (Å²) in [6, 6.07) is 17.7. The van der Waals surface area contributed by atoms with Gasteiger partial charge in [0.25, 0.3) is 0 Å². The molecule has 0 spiro atoms. The van der Waals surface area contributed by atoms with E-state index in [2.05, 4.69) is 0 Å². The van der Waals surface area contributed by atoms with Gasteiger partial charge in [-0.3, -0.25) is 4.79 Å². The molecule has 96 valence electrons. The third-order valence-electron chi connectivity index (χ3n) is 2.76. The van der Waals surface area contributed by atoms with Crippen molar-refractivity contribution in [3.8, 4) is 11.1 Å². The highest BCUT2D eigenvalue weighted by atomic mass is 16.5. The number of benzene rings is 2. The molecule has 0 aliphatic carbocycles. The molecule has 0 atom stereocenters.